The molecule has 3 heteroatoms. The molecule has 0 aromatic heterocycles. The summed E-state index contributed by atoms with van der Waals surface area (Å²) >= 11 is 0. The minimum Gasteiger partial charge on any atom is -0.490 e. The summed E-state index contributed by atoms with van der Waals surface area (Å²) in [5.41, 5.74) is 0.253. The lowest BCUT2D eigenvalue weighted by atomic mass is 9.90. The zero-order valence-corrected chi connectivity index (χ0v) is 13.4. The van der Waals surface area contributed by atoms with Crippen molar-refractivity contribution in [1.29, 1.82) is 0 Å². The maximum Gasteiger partial charge on any atom is 0.161 e. The van der Waals surface area contributed by atoms with E-state index in [4.69, 9.17) is 9.47 Å². The van der Waals surface area contributed by atoms with Crippen molar-refractivity contribution in [2.75, 3.05) is 19.8 Å². The van der Waals surface area contributed by atoms with Crippen LogP contribution in [0.5, 0.6) is 11.5 Å². The Labute approximate surface area is 123 Å². The average molecular weight is 279 g/mol. The first-order chi connectivity index (χ1) is 9.71. The predicted octanol–water partition coefficient (Wildman–Crippen LogP) is 4.02. The van der Waals surface area contributed by atoms with E-state index in [1.54, 1.807) is 0 Å². The predicted molar refractivity (Wildman–Crippen MR) is 84.7 cm³/mol. The normalized spacial score (nSPS) is 11.4. The Balaban J connectivity index is 2.45. The summed E-state index contributed by atoms with van der Waals surface area (Å²) in [5, 5.41) is 3.64. The first-order valence-corrected chi connectivity index (χ1v) is 7.81. The van der Waals surface area contributed by atoms with Crippen LogP contribution >= 0.6 is 0 Å². The summed E-state index contributed by atoms with van der Waals surface area (Å²) < 4.78 is 11.4. The fourth-order valence-electron chi connectivity index (χ4n) is 2.45. The monoisotopic (exact) mass is 279 g/mol. The van der Waals surface area contributed by atoms with Gasteiger partial charge in [0, 0.05) is 12.1 Å². The fourth-order valence-corrected chi connectivity index (χ4v) is 2.45. The van der Waals surface area contributed by atoms with Gasteiger partial charge in [0.1, 0.15) is 6.61 Å². The van der Waals surface area contributed by atoms with Gasteiger partial charge < -0.3 is 14.8 Å². The van der Waals surface area contributed by atoms with Crippen LogP contribution in [0.4, 0.5) is 0 Å². The van der Waals surface area contributed by atoms with E-state index >= 15 is 0 Å². The zero-order valence-electron chi connectivity index (χ0n) is 13.4. The smallest absolute Gasteiger partial charge is 0.161 e. The Morgan fingerprint density at radius 1 is 0.900 bits per heavy atom. The molecule has 1 N–H and O–H groups in total. The van der Waals surface area contributed by atoms with Gasteiger partial charge in [0.2, 0.25) is 0 Å². The number of ether oxygens (including phenoxy) is 2. The summed E-state index contributed by atoms with van der Waals surface area (Å²) in [4.78, 5) is 0. The van der Waals surface area contributed by atoms with E-state index in [0.717, 1.165) is 37.3 Å². The molecule has 0 heterocycles. The van der Waals surface area contributed by atoms with Gasteiger partial charge in [-0.25, -0.2) is 0 Å². The number of hydrogen-bond donors (Lipinski definition) is 1. The summed E-state index contributed by atoms with van der Waals surface area (Å²) in [5.74, 6) is 1.65. The highest BCUT2D eigenvalue weighted by Gasteiger charge is 2.22. The molecule has 0 bridgehead atoms. The van der Waals surface area contributed by atoms with Crippen molar-refractivity contribution in [3.05, 3.63) is 24.3 Å². The minimum atomic E-state index is 0.253. The van der Waals surface area contributed by atoms with Gasteiger partial charge in [0.05, 0.1) is 6.61 Å². The third kappa shape index (κ3) is 4.71. The van der Waals surface area contributed by atoms with E-state index < -0.39 is 0 Å². The van der Waals surface area contributed by atoms with E-state index in [0.29, 0.717) is 13.2 Å². The van der Waals surface area contributed by atoms with Crippen LogP contribution in [0.3, 0.4) is 0 Å². The Bertz CT molecular complexity index is 367. The molecule has 0 aliphatic carbocycles. The van der Waals surface area contributed by atoms with Gasteiger partial charge in [-0.05, 0) is 38.3 Å². The molecule has 0 radical (unpaired) electrons. The van der Waals surface area contributed by atoms with Gasteiger partial charge >= 0.3 is 0 Å². The topological polar surface area (TPSA) is 30.5 Å². The molecular weight excluding hydrogens is 250 g/mol. The van der Waals surface area contributed by atoms with Gasteiger partial charge in [-0.1, -0.05) is 32.9 Å². The SMILES string of the molecule is CCOc1ccccc1OCCNC(CC)(CC)CC. The lowest BCUT2D eigenvalue weighted by molar-refractivity contribution is 0.237. The van der Waals surface area contributed by atoms with Crippen molar-refractivity contribution < 1.29 is 9.47 Å². The quantitative estimate of drug-likeness (QED) is 0.656. The van der Waals surface area contributed by atoms with Crippen LogP contribution < -0.4 is 14.8 Å². The summed E-state index contributed by atoms with van der Waals surface area (Å²) in [7, 11) is 0. The molecule has 3 nitrogen and oxygen atoms in total. The minimum absolute atomic E-state index is 0.253. The summed E-state index contributed by atoms with van der Waals surface area (Å²) in [6, 6.07) is 7.84. The Kier molecular flexibility index (Phi) is 7.45. The Hall–Kier alpha value is -1.22. The maximum atomic E-state index is 5.83. The van der Waals surface area contributed by atoms with Crippen LogP contribution in [0.1, 0.15) is 47.0 Å². The number of benzene rings is 1. The molecule has 0 spiro atoms. The molecule has 1 rings (SSSR count). The molecule has 0 atom stereocenters. The third-order valence-corrected chi connectivity index (χ3v) is 4.04. The number of nitrogens with one attached hydrogen (secondary N) is 1. The van der Waals surface area contributed by atoms with Crippen molar-refractivity contribution in [3.63, 3.8) is 0 Å². The van der Waals surface area contributed by atoms with Crippen molar-refractivity contribution in [3.8, 4) is 11.5 Å². The molecule has 1 aromatic carbocycles. The van der Waals surface area contributed by atoms with Crippen LogP contribution in [0.2, 0.25) is 0 Å². The third-order valence-electron chi connectivity index (χ3n) is 4.04. The van der Waals surface area contributed by atoms with E-state index in [9.17, 15) is 0 Å². The molecule has 114 valence electrons. The van der Waals surface area contributed by atoms with Crippen LogP contribution in [0.15, 0.2) is 24.3 Å². The summed E-state index contributed by atoms with van der Waals surface area (Å²) in [6.45, 7) is 10.9. The molecule has 1 aromatic rings. The molecule has 0 saturated heterocycles. The number of para-hydroxylation sites is 2. The highest BCUT2D eigenvalue weighted by atomic mass is 16.5. The van der Waals surface area contributed by atoms with E-state index in [1.807, 2.05) is 31.2 Å². The van der Waals surface area contributed by atoms with Gasteiger partial charge in [-0.3, -0.25) is 0 Å². The average Bonchev–Trinajstić information content (AvgIpc) is 2.50. The number of hydrogen-bond acceptors (Lipinski definition) is 3. The van der Waals surface area contributed by atoms with Gasteiger partial charge in [0.15, 0.2) is 11.5 Å². The molecule has 0 aliphatic heterocycles. The van der Waals surface area contributed by atoms with Crippen LogP contribution in [-0.4, -0.2) is 25.3 Å². The second-order valence-electron chi connectivity index (χ2n) is 5.00. The molecule has 0 amide bonds. The lowest BCUT2D eigenvalue weighted by Gasteiger charge is -2.32. The van der Waals surface area contributed by atoms with Crippen LogP contribution in [0.25, 0.3) is 0 Å². The molecule has 20 heavy (non-hydrogen) atoms. The fraction of sp³-hybridized carbons (Fsp3) is 0.647. The van der Waals surface area contributed by atoms with Gasteiger partial charge in [-0.15, -0.1) is 0 Å². The summed E-state index contributed by atoms with van der Waals surface area (Å²) in [6.07, 6.45) is 3.45. The second kappa shape index (κ2) is 8.85. The van der Waals surface area contributed by atoms with Crippen LogP contribution in [-0.2, 0) is 0 Å². The number of rotatable bonds is 10. The largest absolute Gasteiger partial charge is 0.490 e. The first-order valence-electron chi connectivity index (χ1n) is 7.81. The highest BCUT2D eigenvalue weighted by molar-refractivity contribution is 5.39. The zero-order chi connectivity index (χ0) is 14.8. The van der Waals surface area contributed by atoms with E-state index in [-0.39, 0.29) is 5.54 Å². The van der Waals surface area contributed by atoms with Gasteiger partial charge in [-0.2, -0.15) is 0 Å². The molecule has 0 unspecified atom stereocenters. The molecule has 0 fully saturated rings. The van der Waals surface area contributed by atoms with Crippen molar-refractivity contribution in [1.82, 2.24) is 5.32 Å². The Morgan fingerprint density at radius 2 is 1.45 bits per heavy atom. The van der Waals surface area contributed by atoms with E-state index in [2.05, 4.69) is 26.1 Å². The molecule has 0 aliphatic rings. The van der Waals surface area contributed by atoms with Crippen LogP contribution in [0, 0.1) is 0 Å². The highest BCUT2D eigenvalue weighted by Crippen LogP contribution is 2.26. The Morgan fingerprint density at radius 3 is 1.95 bits per heavy atom. The lowest BCUT2D eigenvalue weighted by Crippen LogP contribution is -2.45. The van der Waals surface area contributed by atoms with Crippen molar-refractivity contribution in [2.45, 2.75) is 52.5 Å². The van der Waals surface area contributed by atoms with Crippen molar-refractivity contribution >= 4 is 0 Å². The van der Waals surface area contributed by atoms with Crippen molar-refractivity contribution in [2.24, 2.45) is 0 Å². The first kappa shape index (κ1) is 16.8. The van der Waals surface area contributed by atoms with E-state index in [1.165, 1.54) is 0 Å². The molecular formula is C17H29NO2. The van der Waals surface area contributed by atoms with Gasteiger partial charge in [0.25, 0.3) is 0 Å². The maximum absolute atomic E-state index is 5.83. The standard InChI is InChI=1S/C17H29NO2/c1-5-17(6-2,7-3)18-13-14-20-16-12-10-9-11-15(16)19-8-4/h9-12,18H,5-8,13-14H2,1-4H3. The molecule has 0 saturated carbocycles. The second-order valence-corrected chi connectivity index (χ2v) is 5.00.